The molecule has 2 aromatic rings. The normalized spacial score (nSPS) is 14.4. The molecule has 3 rings (SSSR count). The molecule has 1 fully saturated rings. The van der Waals surface area contributed by atoms with Gasteiger partial charge in [-0.15, -0.1) is 0 Å². The molecule has 0 atom stereocenters. The molecule has 1 aliphatic heterocycles. The van der Waals surface area contributed by atoms with Crippen molar-refractivity contribution in [1.29, 1.82) is 0 Å². The number of hydrogen-bond donors (Lipinski definition) is 1. The van der Waals surface area contributed by atoms with E-state index in [0.29, 0.717) is 43.4 Å². The van der Waals surface area contributed by atoms with Crippen molar-refractivity contribution in [1.82, 2.24) is 15.3 Å². The molecule has 1 aromatic carbocycles. The zero-order chi connectivity index (χ0) is 21.7. The van der Waals surface area contributed by atoms with Gasteiger partial charge in [-0.25, -0.2) is 9.97 Å². The molecule has 1 aliphatic rings. The van der Waals surface area contributed by atoms with E-state index in [4.69, 9.17) is 14.2 Å². The number of carbonyl (C=O) groups excluding carboxylic acids is 1. The number of nitrogens with one attached hydrogen (secondary N) is 1. The van der Waals surface area contributed by atoms with Crippen molar-refractivity contribution in [3.63, 3.8) is 0 Å². The third-order valence-electron chi connectivity index (χ3n) is 4.51. The summed E-state index contributed by atoms with van der Waals surface area (Å²) in [6.07, 6.45) is -3.81. The smallest absolute Gasteiger partial charge is 0.451 e. The number of alkyl halides is 3. The SMILES string of the molecule is COc1ccc(CNC(=O)c2cnc(C(F)(F)F)nc2N2CCOCC2)c(OC)c1. The molecule has 1 N–H and O–H groups in total. The molecule has 0 aliphatic carbocycles. The van der Waals surface area contributed by atoms with E-state index in [1.807, 2.05) is 0 Å². The topological polar surface area (TPSA) is 85.8 Å². The molecule has 1 aromatic heterocycles. The van der Waals surface area contributed by atoms with Crippen LogP contribution in [0.5, 0.6) is 11.5 Å². The fraction of sp³-hybridized carbons (Fsp3) is 0.421. The van der Waals surface area contributed by atoms with Gasteiger partial charge in [0.1, 0.15) is 22.9 Å². The molecule has 162 valence electrons. The number of morpholine rings is 1. The zero-order valence-electron chi connectivity index (χ0n) is 16.5. The van der Waals surface area contributed by atoms with E-state index >= 15 is 0 Å². The number of amides is 1. The number of anilines is 1. The highest BCUT2D eigenvalue weighted by Gasteiger charge is 2.36. The molecule has 0 saturated carbocycles. The van der Waals surface area contributed by atoms with Gasteiger partial charge in [0.15, 0.2) is 0 Å². The van der Waals surface area contributed by atoms with Crippen molar-refractivity contribution in [2.45, 2.75) is 12.7 Å². The van der Waals surface area contributed by atoms with Crippen molar-refractivity contribution in [3.05, 3.63) is 41.3 Å². The molecule has 0 radical (unpaired) electrons. The number of aromatic nitrogens is 2. The van der Waals surface area contributed by atoms with Crippen LogP contribution in [0, 0.1) is 0 Å². The summed E-state index contributed by atoms with van der Waals surface area (Å²) < 4.78 is 54.9. The molecule has 0 bridgehead atoms. The Hall–Kier alpha value is -3.08. The maximum Gasteiger partial charge on any atom is 0.451 e. The Bertz CT molecular complexity index is 902. The van der Waals surface area contributed by atoms with E-state index in [0.717, 1.165) is 6.20 Å². The van der Waals surface area contributed by atoms with Gasteiger partial charge in [0.05, 0.1) is 27.4 Å². The second kappa shape index (κ2) is 9.16. The lowest BCUT2D eigenvalue weighted by Crippen LogP contribution is -2.39. The van der Waals surface area contributed by atoms with E-state index in [1.165, 1.54) is 14.2 Å². The van der Waals surface area contributed by atoms with Crippen LogP contribution < -0.4 is 19.7 Å². The standard InChI is InChI=1S/C19H21F3N4O4/c1-28-13-4-3-12(15(9-13)29-2)10-23-17(27)14-11-24-18(19(20,21)22)25-16(14)26-5-7-30-8-6-26/h3-4,9,11H,5-8,10H2,1-2H3,(H,23,27). The molecule has 30 heavy (non-hydrogen) atoms. The first-order valence-corrected chi connectivity index (χ1v) is 9.09. The molecule has 2 heterocycles. The summed E-state index contributed by atoms with van der Waals surface area (Å²) in [5.74, 6) is -0.861. The second-order valence-corrected chi connectivity index (χ2v) is 6.39. The van der Waals surface area contributed by atoms with Gasteiger partial charge in [0.25, 0.3) is 5.91 Å². The largest absolute Gasteiger partial charge is 0.497 e. The van der Waals surface area contributed by atoms with Crippen LogP contribution in [0.4, 0.5) is 19.0 Å². The number of halogens is 3. The minimum absolute atomic E-state index is 0.0441. The number of hydrogen-bond acceptors (Lipinski definition) is 7. The van der Waals surface area contributed by atoms with Gasteiger partial charge in [-0.3, -0.25) is 4.79 Å². The predicted octanol–water partition coefficient (Wildman–Crippen LogP) is 2.28. The lowest BCUT2D eigenvalue weighted by Gasteiger charge is -2.29. The highest BCUT2D eigenvalue weighted by Crippen LogP contribution is 2.29. The number of carbonyl (C=O) groups is 1. The van der Waals surface area contributed by atoms with Gasteiger partial charge in [-0.1, -0.05) is 0 Å². The zero-order valence-corrected chi connectivity index (χ0v) is 16.5. The van der Waals surface area contributed by atoms with Crippen LogP contribution >= 0.6 is 0 Å². The quantitative estimate of drug-likeness (QED) is 0.759. The van der Waals surface area contributed by atoms with Gasteiger partial charge in [0, 0.05) is 37.5 Å². The summed E-state index contributed by atoms with van der Waals surface area (Å²) >= 11 is 0. The molecule has 1 amide bonds. The van der Waals surface area contributed by atoms with Crippen molar-refractivity contribution < 1.29 is 32.2 Å². The number of benzene rings is 1. The van der Waals surface area contributed by atoms with Crippen LogP contribution in [0.3, 0.4) is 0 Å². The first-order valence-electron chi connectivity index (χ1n) is 9.09. The second-order valence-electron chi connectivity index (χ2n) is 6.39. The highest BCUT2D eigenvalue weighted by molar-refractivity contribution is 5.98. The summed E-state index contributed by atoms with van der Waals surface area (Å²) in [4.78, 5) is 21.3. The van der Waals surface area contributed by atoms with Crippen molar-refractivity contribution in [2.75, 3.05) is 45.4 Å². The van der Waals surface area contributed by atoms with E-state index in [9.17, 15) is 18.0 Å². The van der Waals surface area contributed by atoms with Gasteiger partial charge < -0.3 is 24.4 Å². The van der Waals surface area contributed by atoms with Gasteiger partial charge in [-0.05, 0) is 12.1 Å². The van der Waals surface area contributed by atoms with E-state index < -0.39 is 17.9 Å². The Kier molecular flexibility index (Phi) is 6.60. The molecule has 0 unspecified atom stereocenters. The van der Waals surface area contributed by atoms with Crippen LogP contribution in [0.2, 0.25) is 0 Å². The van der Waals surface area contributed by atoms with Crippen LogP contribution in [0.15, 0.2) is 24.4 Å². The average Bonchev–Trinajstić information content (AvgIpc) is 2.76. The molecule has 1 saturated heterocycles. The summed E-state index contributed by atoms with van der Waals surface area (Å²) in [6.45, 7) is 1.39. The van der Waals surface area contributed by atoms with Crippen LogP contribution in [-0.4, -0.2) is 56.4 Å². The molecule has 0 spiro atoms. The maximum atomic E-state index is 13.1. The highest BCUT2D eigenvalue weighted by atomic mass is 19.4. The van der Waals surface area contributed by atoms with Crippen molar-refractivity contribution >= 4 is 11.7 Å². The third-order valence-corrected chi connectivity index (χ3v) is 4.51. The van der Waals surface area contributed by atoms with Gasteiger partial charge >= 0.3 is 6.18 Å². The monoisotopic (exact) mass is 426 g/mol. The lowest BCUT2D eigenvalue weighted by atomic mass is 10.1. The molecule has 11 heteroatoms. The number of methoxy groups -OCH3 is 2. The molecular weight excluding hydrogens is 405 g/mol. The molecule has 8 nitrogen and oxygen atoms in total. The minimum atomic E-state index is -4.72. The summed E-state index contributed by atoms with van der Waals surface area (Å²) in [7, 11) is 3.01. The van der Waals surface area contributed by atoms with Gasteiger partial charge in [-0.2, -0.15) is 13.2 Å². The summed E-state index contributed by atoms with van der Waals surface area (Å²) in [6, 6.07) is 5.11. The maximum absolute atomic E-state index is 13.1. The Balaban J connectivity index is 1.84. The van der Waals surface area contributed by atoms with E-state index in [-0.39, 0.29) is 17.9 Å². The number of nitrogens with zero attached hydrogens (tertiary/aromatic N) is 3. The Morgan fingerprint density at radius 2 is 1.97 bits per heavy atom. The first-order chi connectivity index (χ1) is 14.3. The van der Waals surface area contributed by atoms with Gasteiger partial charge in [0.2, 0.25) is 5.82 Å². The average molecular weight is 426 g/mol. The van der Waals surface area contributed by atoms with Crippen LogP contribution in [0.25, 0.3) is 0 Å². The Morgan fingerprint density at radius 1 is 1.23 bits per heavy atom. The van der Waals surface area contributed by atoms with E-state index in [2.05, 4.69) is 15.3 Å². The first kappa shape index (κ1) is 21.6. The van der Waals surface area contributed by atoms with Crippen LogP contribution in [0.1, 0.15) is 21.7 Å². The fourth-order valence-electron chi connectivity index (χ4n) is 2.95. The Labute approximate surface area is 171 Å². The summed E-state index contributed by atoms with van der Waals surface area (Å²) in [5, 5.41) is 2.69. The lowest BCUT2D eigenvalue weighted by molar-refractivity contribution is -0.144. The third kappa shape index (κ3) is 4.90. The Morgan fingerprint density at radius 3 is 2.60 bits per heavy atom. The predicted molar refractivity (Wildman–Crippen MR) is 101 cm³/mol. The van der Waals surface area contributed by atoms with Crippen LogP contribution in [-0.2, 0) is 17.5 Å². The fourth-order valence-corrected chi connectivity index (χ4v) is 2.95. The minimum Gasteiger partial charge on any atom is -0.497 e. The van der Waals surface area contributed by atoms with Crippen molar-refractivity contribution in [3.8, 4) is 11.5 Å². The summed E-state index contributed by atoms with van der Waals surface area (Å²) in [5.41, 5.74) is 0.629. The van der Waals surface area contributed by atoms with E-state index in [1.54, 1.807) is 23.1 Å². The number of rotatable bonds is 6. The number of ether oxygens (including phenoxy) is 3. The molecular formula is C19H21F3N4O4. The van der Waals surface area contributed by atoms with Crippen molar-refractivity contribution in [2.24, 2.45) is 0 Å².